The van der Waals surface area contributed by atoms with Crippen molar-refractivity contribution in [3.8, 4) is 0 Å². The van der Waals surface area contributed by atoms with Gasteiger partial charge < -0.3 is 20.3 Å². The van der Waals surface area contributed by atoms with Crippen LogP contribution in [0.3, 0.4) is 0 Å². The van der Waals surface area contributed by atoms with Crippen LogP contribution < -0.4 is 5.32 Å². The molecule has 6 nitrogen and oxygen atoms in total. The maximum atomic E-state index is 12.4. The van der Waals surface area contributed by atoms with Crippen LogP contribution in [0.2, 0.25) is 0 Å². The Kier molecular flexibility index (Phi) is 50.1. The first-order chi connectivity index (χ1) is 30.5. The zero-order valence-corrected chi connectivity index (χ0v) is 41.4. The lowest BCUT2D eigenvalue weighted by atomic mass is 10.0. The molecule has 0 saturated carbocycles. The minimum Gasteiger partial charge on any atom is -0.466 e. The Labute approximate surface area is 385 Å². The van der Waals surface area contributed by atoms with Gasteiger partial charge in [0, 0.05) is 12.8 Å². The second-order valence-corrected chi connectivity index (χ2v) is 18.6. The highest BCUT2D eigenvalue weighted by molar-refractivity contribution is 5.76. The summed E-state index contributed by atoms with van der Waals surface area (Å²) in [7, 11) is 0. The van der Waals surface area contributed by atoms with E-state index in [1.807, 2.05) is 6.08 Å². The zero-order chi connectivity index (χ0) is 45.1. The first-order valence-electron chi connectivity index (χ1n) is 27.3. The predicted molar refractivity (Wildman–Crippen MR) is 269 cm³/mol. The summed E-state index contributed by atoms with van der Waals surface area (Å²) in [5.74, 6) is -0.0860. The topological polar surface area (TPSA) is 95.9 Å². The van der Waals surface area contributed by atoms with Crippen LogP contribution in [0.5, 0.6) is 0 Å². The second kappa shape index (κ2) is 51.7. The standard InChI is InChI=1S/C56H105NO5/c1-3-5-7-9-11-13-15-17-18-19-22-26-30-34-38-42-46-50-56(61)62-51-47-43-39-35-31-27-23-20-21-25-29-33-37-41-45-49-55(60)57-53(52-58)54(59)48-44-40-36-32-28-24-16-14-12-10-8-6-4-2/h11,13,17-18,44,48,53-54,58-59H,3-10,12,14-16,19-43,45-47,49-52H2,1-2H3,(H,57,60)/b13-11-,18-17-,48-44+. The number of aliphatic hydroxyl groups excluding tert-OH is 2. The van der Waals surface area contributed by atoms with Gasteiger partial charge in [0.15, 0.2) is 0 Å². The Morgan fingerprint density at radius 1 is 0.452 bits per heavy atom. The second-order valence-electron chi connectivity index (χ2n) is 18.6. The summed E-state index contributed by atoms with van der Waals surface area (Å²) in [4.78, 5) is 24.5. The van der Waals surface area contributed by atoms with Gasteiger partial charge in [-0.15, -0.1) is 0 Å². The summed E-state index contributed by atoms with van der Waals surface area (Å²) in [5.41, 5.74) is 0. The molecule has 0 aromatic heterocycles. The average molecular weight is 872 g/mol. The van der Waals surface area contributed by atoms with Crippen molar-refractivity contribution in [1.29, 1.82) is 0 Å². The molecule has 0 heterocycles. The minimum absolute atomic E-state index is 0.00864. The summed E-state index contributed by atoms with van der Waals surface area (Å²) >= 11 is 0. The molecule has 0 saturated heterocycles. The minimum atomic E-state index is -0.850. The van der Waals surface area contributed by atoms with E-state index in [-0.39, 0.29) is 18.5 Å². The lowest BCUT2D eigenvalue weighted by Gasteiger charge is -2.20. The lowest BCUT2D eigenvalue weighted by molar-refractivity contribution is -0.143. The molecule has 0 fully saturated rings. The Hall–Kier alpha value is -1.92. The number of ether oxygens (including phenoxy) is 1. The third-order valence-electron chi connectivity index (χ3n) is 12.4. The largest absolute Gasteiger partial charge is 0.466 e. The van der Waals surface area contributed by atoms with Crippen LogP contribution in [0.1, 0.15) is 284 Å². The molecule has 2 atom stereocenters. The fourth-order valence-corrected chi connectivity index (χ4v) is 8.19. The Balaban J connectivity index is 3.45. The molecule has 3 N–H and O–H groups in total. The van der Waals surface area contributed by atoms with Crippen molar-refractivity contribution in [3.63, 3.8) is 0 Å². The molecule has 0 radical (unpaired) electrons. The van der Waals surface area contributed by atoms with E-state index in [9.17, 15) is 19.8 Å². The van der Waals surface area contributed by atoms with Gasteiger partial charge in [-0.1, -0.05) is 243 Å². The average Bonchev–Trinajstić information content (AvgIpc) is 3.27. The van der Waals surface area contributed by atoms with E-state index in [0.717, 1.165) is 64.2 Å². The van der Waals surface area contributed by atoms with Crippen molar-refractivity contribution in [2.24, 2.45) is 0 Å². The lowest BCUT2D eigenvalue weighted by Crippen LogP contribution is -2.45. The maximum Gasteiger partial charge on any atom is 0.305 e. The molecule has 0 bridgehead atoms. The molecule has 364 valence electrons. The quantitative estimate of drug-likeness (QED) is 0.0321. The summed E-state index contributed by atoms with van der Waals surface area (Å²) in [5, 5.41) is 23.0. The third kappa shape index (κ3) is 47.6. The summed E-state index contributed by atoms with van der Waals surface area (Å²) in [6, 6.07) is -0.634. The van der Waals surface area contributed by atoms with Gasteiger partial charge in [0.1, 0.15) is 0 Å². The van der Waals surface area contributed by atoms with E-state index < -0.39 is 12.1 Å². The summed E-state index contributed by atoms with van der Waals surface area (Å²) < 4.78 is 5.47. The van der Waals surface area contributed by atoms with Crippen LogP contribution in [-0.4, -0.2) is 47.4 Å². The van der Waals surface area contributed by atoms with Gasteiger partial charge in [-0.3, -0.25) is 9.59 Å². The Bertz CT molecular complexity index is 1010. The molecule has 62 heavy (non-hydrogen) atoms. The zero-order valence-electron chi connectivity index (χ0n) is 41.4. The molecule has 0 aromatic carbocycles. The monoisotopic (exact) mass is 872 g/mol. The third-order valence-corrected chi connectivity index (χ3v) is 12.4. The van der Waals surface area contributed by atoms with Gasteiger partial charge in [-0.05, 0) is 64.2 Å². The number of hydrogen-bond acceptors (Lipinski definition) is 5. The number of aliphatic hydroxyl groups is 2. The van der Waals surface area contributed by atoms with E-state index in [0.29, 0.717) is 19.4 Å². The van der Waals surface area contributed by atoms with E-state index >= 15 is 0 Å². The predicted octanol–water partition coefficient (Wildman–Crippen LogP) is 16.5. The molecular weight excluding hydrogens is 767 g/mol. The highest BCUT2D eigenvalue weighted by atomic mass is 16.5. The number of rotatable bonds is 50. The fourth-order valence-electron chi connectivity index (χ4n) is 8.19. The highest BCUT2D eigenvalue weighted by Crippen LogP contribution is 2.16. The molecule has 0 spiro atoms. The van der Waals surface area contributed by atoms with Gasteiger partial charge in [0.2, 0.25) is 5.91 Å². The molecule has 0 aliphatic heterocycles. The normalized spacial score (nSPS) is 12.9. The SMILES string of the molecule is CCCCC/C=C\C/C=C\CCCCCCCCCC(=O)OCCCCCCCCCCCCCCCCCC(=O)NC(CO)C(O)/C=C/CCCCCCCCCCCCC. The molecule has 0 rings (SSSR count). The van der Waals surface area contributed by atoms with Crippen LogP contribution in [0, 0.1) is 0 Å². The molecule has 0 aliphatic rings. The smallest absolute Gasteiger partial charge is 0.305 e. The van der Waals surface area contributed by atoms with E-state index in [2.05, 4.69) is 43.5 Å². The Morgan fingerprint density at radius 3 is 1.26 bits per heavy atom. The summed E-state index contributed by atoms with van der Waals surface area (Å²) in [6.07, 6.45) is 62.9. The van der Waals surface area contributed by atoms with Gasteiger partial charge in [0.05, 0.1) is 25.4 Å². The van der Waals surface area contributed by atoms with Crippen molar-refractivity contribution >= 4 is 11.9 Å². The molecule has 2 unspecified atom stereocenters. The van der Waals surface area contributed by atoms with Crippen molar-refractivity contribution in [2.75, 3.05) is 13.2 Å². The van der Waals surface area contributed by atoms with Crippen molar-refractivity contribution in [2.45, 2.75) is 296 Å². The number of hydrogen-bond donors (Lipinski definition) is 3. The van der Waals surface area contributed by atoms with E-state index in [4.69, 9.17) is 4.74 Å². The van der Waals surface area contributed by atoms with Crippen molar-refractivity contribution in [1.82, 2.24) is 5.32 Å². The number of carbonyl (C=O) groups excluding carboxylic acids is 2. The van der Waals surface area contributed by atoms with Crippen molar-refractivity contribution < 1.29 is 24.5 Å². The number of carbonyl (C=O) groups is 2. The number of amides is 1. The molecular formula is C56H105NO5. The van der Waals surface area contributed by atoms with Crippen LogP contribution >= 0.6 is 0 Å². The maximum absolute atomic E-state index is 12.4. The summed E-state index contributed by atoms with van der Waals surface area (Å²) in [6.45, 7) is 4.85. The Morgan fingerprint density at radius 2 is 0.806 bits per heavy atom. The van der Waals surface area contributed by atoms with Crippen molar-refractivity contribution in [3.05, 3.63) is 36.5 Å². The van der Waals surface area contributed by atoms with Crippen LogP contribution in [0.4, 0.5) is 0 Å². The molecule has 0 aliphatic carbocycles. The molecule has 0 aromatic rings. The molecule has 1 amide bonds. The number of allylic oxidation sites excluding steroid dienone is 5. The van der Waals surface area contributed by atoms with E-state index in [1.165, 1.54) is 193 Å². The highest BCUT2D eigenvalue weighted by Gasteiger charge is 2.18. The van der Waals surface area contributed by atoms with Gasteiger partial charge >= 0.3 is 5.97 Å². The van der Waals surface area contributed by atoms with Gasteiger partial charge in [-0.25, -0.2) is 0 Å². The van der Waals surface area contributed by atoms with Crippen LogP contribution in [0.15, 0.2) is 36.5 Å². The van der Waals surface area contributed by atoms with Crippen LogP contribution in [-0.2, 0) is 14.3 Å². The first-order valence-corrected chi connectivity index (χ1v) is 27.3. The first kappa shape index (κ1) is 60.1. The number of esters is 1. The van der Waals surface area contributed by atoms with Crippen LogP contribution in [0.25, 0.3) is 0 Å². The number of nitrogens with one attached hydrogen (secondary N) is 1. The number of unbranched alkanes of at least 4 members (excludes halogenated alkanes) is 35. The molecule has 6 heteroatoms. The van der Waals surface area contributed by atoms with E-state index in [1.54, 1.807) is 6.08 Å². The fraction of sp³-hybridized carbons (Fsp3) is 0.857. The van der Waals surface area contributed by atoms with Gasteiger partial charge in [-0.2, -0.15) is 0 Å². The van der Waals surface area contributed by atoms with Gasteiger partial charge in [0.25, 0.3) is 0 Å².